The van der Waals surface area contributed by atoms with Crippen molar-refractivity contribution in [3.63, 3.8) is 0 Å². The van der Waals surface area contributed by atoms with E-state index < -0.39 is 10.0 Å². The number of hydrogen-bond acceptors (Lipinski definition) is 4. The predicted octanol–water partition coefficient (Wildman–Crippen LogP) is 1.18. The fraction of sp³-hybridized carbons (Fsp3) is 0.500. The molecule has 0 spiro atoms. The first-order valence-electron chi connectivity index (χ1n) is 6.65. The highest BCUT2D eigenvalue weighted by molar-refractivity contribution is 7.89. The smallest absolute Gasteiger partial charge is 0.238 e. The lowest BCUT2D eigenvalue weighted by Crippen LogP contribution is -2.28. The molecule has 0 fully saturated rings. The first kappa shape index (κ1) is 17.6. The maximum Gasteiger partial charge on any atom is 0.238 e. The summed E-state index contributed by atoms with van der Waals surface area (Å²) in [6.07, 6.45) is 0.354. The summed E-state index contributed by atoms with van der Waals surface area (Å²) in [5.74, 6) is 0.0195. The average Bonchev–Trinajstić information content (AvgIpc) is 2.37. The fourth-order valence-electron chi connectivity index (χ4n) is 2.00. The van der Waals surface area contributed by atoms with Crippen molar-refractivity contribution in [2.45, 2.75) is 31.2 Å². The molecular formula is C14H22N2O4S. The van der Waals surface area contributed by atoms with Gasteiger partial charge >= 0.3 is 0 Å². The van der Waals surface area contributed by atoms with E-state index in [0.29, 0.717) is 18.6 Å². The van der Waals surface area contributed by atoms with Gasteiger partial charge < -0.3 is 10.1 Å². The quantitative estimate of drug-likeness (QED) is 0.789. The molecule has 0 aromatic heterocycles. The summed E-state index contributed by atoms with van der Waals surface area (Å²) >= 11 is 0. The Kier molecular flexibility index (Phi) is 6.32. The van der Waals surface area contributed by atoms with Crippen molar-refractivity contribution in [1.29, 1.82) is 0 Å². The summed E-state index contributed by atoms with van der Waals surface area (Å²) in [5, 5.41) is 7.93. The number of primary sulfonamides is 1. The normalized spacial score (nSPS) is 14.5. The van der Waals surface area contributed by atoms with E-state index in [4.69, 9.17) is 9.88 Å². The molecule has 1 aromatic carbocycles. The first-order valence-corrected chi connectivity index (χ1v) is 8.19. The van der Waals surface area contributed by atoms with Crippen molar-refractivity contribution in [2.75, 3.05) is 13.7 Å². The molecule has 1 rings (SSSR count). The molecule has 0 aliphatic heterocycles. The molecule has 0 aliphatic carbocycles. The maximum absolute atomic E-state index is 11.9. The van der Waals surface area contributed by atoms with E-state index in [0.717, 1.165) is 0 Å². The molecule has 0 saturated heterocycles. The van der Waals surface area contributed by atoms with Gasteiger partial charge in [0.2, 0.25) is 15.9 Å². The number of nitrogens with two attached hydrogens (primary N) is 1. The Balaban J connectivity index is 2.72. The SMILES string of the molecule is COCC(C)CC(=O)NC(C)c1cccc(S(N)(=O)=O)c1. The zero-order chi connectivity index (χ0) is 16.0. The van der Waals surface area contributed by atoms with Crippen molar-refractivity contribution in [3.8, 4) is 0 Å². The van der Waals surface area contributed by atoms with Crippen LogP contribution < -0.4 is 10.5 Å². The Bertz CT molecular complexity index is 586. The molecule has 21 heavy (non-hydrogen) atoms. The van der Waals surface area contributed by atoms with Gasteiger partial charge in [0.15, 0.2) is 0 Å². The van der Waals surface area contributed by atoms with Crippen LogP contribution in [0, 0.1) is 5.92 Å². The molecule has 0 saturated carbocycles. The lowest BCUT2D eigenvalue weighted by molar-refractivity contribution is -0.122. The monoisotopic (exact) mass is 314 g/mol. The van der Waals surface area contributed by atoms with Crippen LogP contribution in [-0.4, -0.2) is 28.0 Å². The molecule has 7 heteroatoms. The van der Waals surface area contributed by atoms with Crippen LogP contribution in [0.15, 0.2) is 29.2 Å². The van der Waals surface area contributed by atoms with Crippen molar-refractivity contribution >= 4 is 15.9 Å². The Labute approximate surface area is 125 Å². The van der Waals surface area contributed by atoms with Gasteiger partial charge in [0.25, 0.3) is 0 Å². The van der Waals surface area contributed by atoms with Crippen LogP contribution in [-0.2, 0) is 19.6 Å². The molecule has 2 unspecified atom stereocenters. The topological polar surface area (TPSA) is 98.5 Å². The number of sulfonamides is 1. The summed E-state index contributed by atoms with van der Waals surface area (Å²) in [4.78, 5) is 11.9. The van der Waals surface area contributed by atoms with Crippen LogP contribution in [0.3, 0.4) is 0 Å². The molecule has 0 aliphatic rings. The van der Waals surface area contributed by atoms with Crippen molar-refractivity contribution < 1.29 is 17.9 Å². The van der Waals surface area contributed by atoms with Gasteiger partial charge in [-0.25, -0.2) is 13.6 Å². The van der Waals surface area contributed by atoms with Gasteiger partial charge in [-0.1, -0.05) is 19.1 Å². The van der Waals surface area contributed by atoms with Crippen LogP contribution >= 0.6 is 0 Å². The van der Waals surface area contributed by atoms with Crippen LogP contribution in [0.4, 0.5) is 0 Å². The molecule has 1 aromatic rings. The van der Waals surface area contributed by atoms with E-state index in [1.807, 2.05) is 6.92 Å². The zero-order valence-electron chi connectivity index (χ0n) is 12.5. The van der Waals surface area contributed by atoms with Crippen LogP contribution in [0.1, 0.15) is 31.9 Å². The van der Waals surface area contributed by atoms with Gasteiger partial charge in [-0.15, -0.1) is 0 Å². The molecule has 118 valence electrons. The van der Waals surface area contributed by atoms with Crippen LogP contribution in [0.5, 0.6) is 0 Å². The Hall–Kier alpha value is -1.44. The minimum Gasteiger partial charge on any atom is -0.384 e. The van der Waals surface area contributed by atoms with Crippen LogP contribution in [0.25, 0.3) is 0 Å². The lowest BCUT2D eigenvalue weighted by Gasteiger charge is -2.17. The Morgan fingerprint density at radius 1 is 1.38 bits per heavy atom. The minimum absolute atomic E-state index is 0.0360. The second-order valence-corrected chi connectivity index (χ2v) is 6.73. The molecule has 0 bridgehead atoms. The van der Waals surface area contributed by atoms with E-state index in [9.17, 15) is 13.2 Å². The number of nitrogens with one attached hydrogen (secondary N) is 1. The number of rotatable bonds is 7. The van der Waals surface area contributed by atoms with Crippen molar-refractivity contribution in [1.82, 2.24) is 5.32 Å². The number of amides is 1. The van der Waals surface area contributed by atoms with Gasteiger partial charge in [-0.2, -0.15) is 0 Å². The van der Waals surface area contributed by atoms with Gasteiger partial charge in [-0.05, 0) is 30.5 Å². The van der Waals surface area contributed by atoms with Gasteiger partial charge in [0, 0.05) is 20.1 Å². The molecular weight excluding hydrogens is 292 g/mol. The number of carbonyl (C=O) groups is 1. The molecule has 0 radical (unpaired) electrons. The highest BCUT2D eigenvalue weighted by Gasteiger charge is 2.15. The van der Waals surface area contributed by atoms with E-state index >= 15 is 0 Å². The van der Waals surface area contributed by atoms with E-state index in [1.54, 1.807) is 26.2 Å². The van der Waals surface area contributed by atoms with E-state index in [2.05, 4.69) is 5.32 Å². The lowest BCUT2D eigenvalue weighted by atomic mass is 10.1. The number of carbonyl (C=O) groups excluding carboxylic acids is 1. The molecule has 0 heterocycles. The van der Waals surface area contributed by atoms with Gasteiger partial charge in [0.1, 0.15) is 0 Å². The second-order valence-electron chi connectivity index (χ2n) is 5.17. The van der Waals surface area contributed by atoms with E-state index in [-0.39, 0.29) is 22.8 Å². The standard InChI is InChI=1S/C14H22N2O4S/c1-10(9-20-3)7-14(17)16-11(2)12-5-4-6-13(8-12)21(15,18)19/h4-6,8,10-11H,7,9H2,1-3H3,(H,16,17)(H2,15,18,19). The zero-order valence-corrected chi connectivity index (χ0v) is 13.3. The predicted molar refractivity (Wildman–Crippen MR) is 80.0 cm³/mol. The van der Waals surface area contributed by atoms with Crippen molar-refractivity contribution in [3.05, 3.63) is 29.8 Å². The minimum atomic E-state index is -3.74. The Morgan fingerprint density at radius 2 is 2.05 bits per heavy atom. The molecule has 6 nitrogen and oxygen atoms in total. The number of ether oxygens (including phenoxy) is 1. The second kappa shape index (κ2) is 7.53. The number of methoxy groups -OCH3 is 1. The summed E-state index contributed by atoms with van der Waals surface area (Å²) < 4.78 is 27.6. The largest absolute Gasteiger partial charge is 0.384 e. The van der Waals surface area contributed by atoms with Gasteiger partial charge in [-0.3, -0.25) is 4.79 Å². The fourth-order valence-corrected chi connectivity index (χ4v) is 2.57. The third-order valence-corrected chi connectivity index (χ3v) is 3.96. The highest BCUT2D eigenvalue weighted by atomic mass is 32.2. The van der Waals surface area contributed by atoms with E-state index in [1.165, 1.54) is 12.1 Å². The first-order chi connectivity index (χ1) is 9.74. The summed E-state index contributed by atoms with van der Waals surface area (Å²) in [6, 6.07) is 5.95. The number of benzene rings is 1. The summed E-state index contributed by atoms with van der Waals surface area (Å²) in [5.41, 5.74) is 0.689. The van der Waals surface area contributed by atoms with Crippen molar-refractivity contribution in [2.24, 2.45) is 11.1 Å². The average molecular weight is 314 g/mol. The third kappa shape index (κ3) is 5.82. The summed E-state index contributed by atoms with van der Waals surface area (Å²) in [6.45, 7) is 4.24. The Morgan fingerprint density at radius 3 is 2.62 bits per heavy atom. The van der Waals surface area contributed by atoms with Crippen LogP contribution in [0.2, 0.25) is 0 Å². The third-order valence-electron chi connectivity index (χ3n) is 3.05. The maximum atomic E-state index is 11.9. The summed E-state index contributed by atoms with van der Waals surface area (Å²) in [7, 11) is -2.15. The number of hydrogen-bond donors (Lipinski definition) is 2. The van der Waals surface area contributed by atoms with Gasteiger partial charge in [0.05, 0.1) is 10.9 Å². The molecule has 3 N–H and O–H groups in total. The molecule has 1 amide bonds. The molecule has 2 atom stereocenters. The highest BCUT2D eigenvalue weighted by Crippen LogP contribution is 2.17.